The monoisotopic (exact) mass is 407 g/mol. The van der Waals surface area contributed by atoms with Gasteiger partial charge >= 0.3 is 0 Å². The number of fused-ring (bicyclic) bond motifs is 1. The van der Waals surface area contributed by atoms with Gasteiger partial charge in [-0.15, -0.1) is 10.2 Å². The van der Waals surface area contributed by atoms with Gasteiger partial charge in [-0.3, -0.25) is 0 Å². The molecule has 3 aromatic heterocycles. The maximum atomic E-state index is 6.15. The SMILES string of the molecule is CCn1c(SCc2cn3ccccc3n2)nnc1C(C)Oc1ccc(C)c(C)c1. The normalized spacial score (nSPS) is 12.4. The van der Waals surface area contributed by atoms with Crippen molar-refractivity contribution in [3.8, 4) is 5.75 Å². The lowest BCUT2D eigenvalue weighted by molar-refractivity contribution is 0.209. The van der Waals surface area contributed by atoms with Gasteiger partial charge in [-0.1, -0.05) is 23.9 Å². The number of imidazole rings is 1. The Hall–Kier alpha value is -2.80. The lowest BCUT2D eigenvalue weighted by atomic mass is 10.1. The quantitative estimate of drug-likeness (QED) is 0.404. The predicted molar refractivity (Wildman–Crippen MR) is 115 cm³/mol. The molecule has 0 fully saturated rings. The van der Waals surface area contributed by atoms with Gasteiger partial charge in [-0.25, -0.2) is 4.98 Å². The van der Waals surface area contributed by atoms with Crippen LogP contribution in [0.2, 0.25) is 0 Å². The van der Waals surface area contributed by atoms with Crippen molar-refractivity contribution < 1.29 is 4.74 Å². The lowest BCUT2D eigenvalue weighted by Crippen LogP contribution is -2.12. The lowest BCUT2D eigenvalue weighted by Gasteiger charge is -2.16. The van der Waals surface area contributed by atoms with Gasteiger partial charge in [0.1, 0.15) is 11.4 Å². The van der Waals surface area contributed by atoms with Crippen molar-refractivity contribution in [2.75, 3.05) is 0 Å². The molecule has 0 aliphatic rings. The van der Waals surface area contributed by atoms with Gasteiger partial charge in [0.25, 0.3) is 0 Å². The average Bonchev–Trinajstić information content (AvgIpc) is 3.32. The van der Waals surface area contributed by atoms with Crippen LogP contribution in [-0.4, -0.2) is 24.1 Å². The van der Waals surface area contributed by atoms with Crippen LogP contribution in [0.4, 0.5) is 0 Å². The average molecular weight is 408 g/mol. The van der Waals surface area contributed by atoms with Crippen LogP contribution >= 0.6 is 11.8 Å². The van der Waals surface area contributed by atoms with Crippen LogP contribution in [0.25, 0.3) is 5.65 Å². The molecule has 4 rings (SSSR count). The Bertz CT molecular complexity index is 1100. The van der Waals surface area contributed by atoms with Gasteiger partial charge in [0.15, 0.2) is 17.1 Å². The number of rotatable bonds is 7. The summed E-state index contributed by atoms with van der Waals surface area (Å²) in [6.07, 6.45) is 3.88. The molecule has 4 aromatic rings. The maximum Gasteiger partial charge on any atom is 0.191 e. The summed E-state index contributed by atoms with van der Waals surface area (Å²) in [7, 11) is 0. The van der Waals surface area contributed by atoms with E-state index in [1.54, 1.807) is 11.8 Å². The number of nitrogens with zero attached hydrogens (tertiary/aromatic N) is 5. The van der Waals surface area contributed by atoms with E-state index in [4.69, 9.17) is 4.74 Å². The number of aromatic nitrogens is 5. The van der Waals surface area contributed by atoms with E-state index in [1.807, 2.05) is 41.8 Å². The molecule has 7 heteroatoms. The minimum absolute atomic E-state index is 0.186. The highest BCUT2D eigenvalue weighted by atomic mass is 32.2. The zero-order valence-corrected chi connectivity index (χ0v) is 18.0. The van der Waals surface area contributed by atoms with Crippen molar-refractivity contribution in [1.82, 2.24) is 24.1 Å². The Kier molecular flexibility index (Phi) is 5.58. The maximum absolute atomic E-state index is 6.15. The van der Waals surface area contributed by atoms with E-state index in [-0.39, 0.29) is 6.10 Å². The van der Waals surface area contributed by atoms with Crippen molar-refractivity contribution in [3.05, 3.63) is 71.4 Å². The largest absolute Gasteiger partial charge is 0.483 e. The highest BCUT2D eigenvalue weighted by Gasteiger charge is 2.19. The molecule has 0 saturated carbocycles. The van der Waals surface area contributed by atoms with Crippen LogP contribution in [0.5, 0.6) is 5.75 Å². The molecule has 0 spiro atoms. The van der Waals surface area contributed by atoms with Crippen molar-refractivity contribution in [3.63, 3.8) is 0 Å². The fourth-order valence-electron chi connectivity index (χ4n) is 3.24. The standard InChI is InChI=1S/C22H25N5OS/c1-5-27-21(17(4)28-19-10-9-15(2)16(3)12-19)24-25-22(27)29-14-18-13-26-11-7-6-8-20(26)23-18/h6-13,17H,5,14H2,1-4H3. The summed E-state index contributed by atoms with van der Waals surface area (Å²) in [4.78, 5) is 4.66. The zero-order chi connectivity index (χ0) is 20.4. The van der Waals surface area contributed by atoms with Crippen LogP contribution in [-0.2, 0) is 12.3 Å². The van der Waals surface area contributed by atoms with Gasteiger partial charge < -0.3 is 13.7 Å². The van der Waals surface area contributed by atoms with E-state index >= 15 is 0 Å². The van der Waals surface area contributed by atoms with Gasteiger partial charge in [-0.2, -0.15) is 0 Å². The number of benzene rings is 1. The molecular formula is C22H25N5OS. The Labute approximate surface area is 175 Å². The van der Waals surface area contributed by atoms with Gasteiger partial charge in [0.05, 0.1) is 5.69 Å². The number of hydrogen-bond acceptors (Lipinski definition) is 5. The first kappa shape index (κ1) is 19.5. The van der Waals surface area contributed by atoms with Gasteiger partial charge in [0, 0.05) is 24.7 Å². The first-order valence-electron chi connectivity index (χ1n) is 9.77. The third-order valence-electron chi connectivity index (χ3n) is 4.98. The highest BCUT2D eigenvalue weighted by molar-refractivity contribution is 7.98. The highest BCUT2D eigenvalue weighted by Crippen LogP contribution is 2.27. The Morgan fingerprint density at radius 3 is 2.72 bits per heavy atom. The molecule has 3 heterocycles. The third-order valence-corrected chi connectivity index (χ3v) is 5.98. The molecule has 1 aromatic carbocycles. The first-order chi connectivity index (χ1) is 14.0. The van der Waals surface area contributed by atoms with Crippen LogP contribution in [0.15, 0.2) is 53.9 Å². The van der Waals surface area contributed by atoms with Crippen LogP contribution in [0.3, 0.4) is 0 Å². The van der Waals surface area contributed by atoms with E-state index in [0.717, 1.165) is 40.4 Å². The Morgan fingerprint density at radius 1 is 1.10 bits per heavy atom. The fourth-order valence-corrected chi connectivity index (χ4v) is 4.14. The predicted octanol–water partition coefficient (Wildman–Crippen LogP) is 4.99. The van der Waals surface area contributed by atoms with Crippen molar-refractivity contribution in [2.45, 2.75) is 51.3 Å². The first-order valence-corrected chi connectivity index (χ1v) is 10.8. The topological polar surface area (TPSA) is 57.2 Å². The molecule has 0 N–H and O–H groups in total. The molecule has 1 unspecified atom stereocenters. The summed E-state index contributed by atoms with van der Waals surface area (Å²) < 4.78 is 10.3. The zero-order valence-electron chi connectivity index (χ0n) is 17.2. The number of hydrogen-bond donors (Lipinski definition) is 0. The number of ether oxygens (including phenoxy) is 1. The Balaban J connectivity index is 1.48. The van der Waals surface area contributed by atoms with E-state index in [0.29, 0.717) is 0 Å². The van der Waals surface area contributed by atoms with E-state index in [2.05, 4.69) is 58.8 Å². The molecule has 1 atom stereocenters. The Morgan fingerprint density at radius 2 is 1.97 bits per heavy atom. The molecule has 150 valence electrons. The summed E-state index contributed by atoms with van der Waals surface area (Å²) in [6.45, 7) is 9.10. The fraction of sp³-hybridized carbons (Fsp3) is 0.318. The second-order valence-corrected chi connectivity index (χ2v) is 8.02. The molecular weight excluding hydrogens is 382 g/mol. The van der Waals surface area contributed by atoms with Gasteiger partial charge in [0.2, 0.25) is 0 Å². The summed E-state index contributed by atoms with van der Waals surface area (Å²) in [5, 5.41) is 9.72. The molecule has 0 bridgehead atoms. The van der Waals surface area contributed by atoms with Gasteiger partial charge in [-0.05, 0) is 63.1 Å². The molecule has 6 nitrogen and oxygen atoms in total. The second kappa shape index (κ2) is 8.29. The smallest absolute Gasteiger partial charge is 0.191 e. The molecule has 0 saturated heterocycles. The molecule has 0 amide bonds. The van der Waals surface area contributed by atoms with Crippen LogP contribution in [0.1, 0.15) is 42.6 Å². The minimum Gasteiger partial charge on any atom is -0.483 e. The molecule has 29 heavy (non-hydrogen) atoms. The summed E-state index contributed by atoms with van der Waals surface area (Å²) in [5.41, 5.74) is 4.45. The summed E-state index contributed by atoms with van der Waals surface area (Å²) in [6, 6.07) is 12.2. The van der Waals surface area contributed by atoms with Crippen LogP contribution in [0, 0.1) is 13.8 Å². The molecule has 0 aliphatic carbocycles. The second-order valence-electron chi connectivity index (χ2n) is 7.08. The third kappa shape index (κ3) is 4.15. The van der Waals surface area contributed by atoms with Crippen LogP contribution < -0.4 is 4.74 Å². The molecule has 0 aliphatic heterocycles. The number of aryl methyl sites for hydroxylation is 2. The number of pyridine rings is 1. The summed E-state index contributed by atoms with van der Waals surface area (Å²) >= 11 is 1.65. The summed E-state index contributed by atoms with van der Waals surface area (Å²) in [5.74, 6) is 2.43. The van der Waals surface area contributed by atoms with Crippen molar-refractivity contribution >= 4 is 17.4 Å². The number of thioether (sulfide) groups is 1. The minimum atomic E-state index is -0.186. The van der Waals surface area contributed by atoms with E-state index < -0.39 is 0 Å². The van der Waals surface area contributed by atoms with Crippen molar-refractivity contribution in [1.29, 1.82) is 0 Å². The van der Waals surface area contributed by atoms with E-state index in [9.17, 15) is 0 Å². The molecule has 0 radical (unpaired) electrons. The van der Waals surface area contributed by atoms with Crippen molar-refractivity contribution in [2.24, 2.45) is 0 Å². The van der Waals surface area contributed by atoms with E-state index in [1.165, 1.54) is 11.1 Å².